The van der Waals surface area contributed by atoms with E-state index in [0.717, 1.165) is 32.0 Å². The number of amides is 1. The molecule has 0 spiro atoms. The Morgan fingerprint density at radius 1 is 1.13 bits per heavy atom. The van der Waals surface area contributed by atoms with Gasteiger partial charge in [0.25, 0.3) is 11.5 Å². The average molecular weight is 547 g/mol. The molecule has 3 aliphatic rings. The fourth-order valence-electron chi connectivity index (χ4n) is 7.26. The van der Waals surface area contributed by atoms with Crippen molar-refractivity contribution in [3.05, 3.63) is 63.1 Å². The maximum Gasteiger partial charge on any atom is 0.416 e. The Balaban J connectivity index is 1.67. The number of anilines is 1. The number of fused-ring (bicyclic) bond motifs is 2. The third-order valence-corrected chi connectivity index (χ3v) is 9.02. The molecule has 1 aromatic heterocycles. The molecule has 0 radical (unpaired) electrons. The molecule has 3 fully saturated rings. The number of halogens is 3. The standard InChI is InChI=1S/C29H37F3N4O3/c1-17-22(5-4-6-24(17)29(30,31)32)18(2)36(27-19-7-8-20(27)15-34(3)14-19)25-13-26(37)35(16-23(25)28(33)38)21-9-11-39-12-10-21/h4-6,13,16,18-21,27H,7-12,14-15H2,1-3H3,(H2,33,38)/t18-,19?,20?,27?/m1/s1. The molecule has 3 atom stereocenters. The number of carbonyl (C=O) groups excluding carboxylic acids is 1. The summed E-state index contributed by atoms with van der Waals surface area (Å²) in [5.41, 5.74) is 6.30. The van der Waals surface area contributed by atoms with E-state index in [0.29, 0.717) is 37.3 Å². The lowest BCUT2D eigenvalue weighted by atomic mass is 9.87. The number of likely N-dealkylation sites (tertiary alicyclic amines) is 1. The second-order valence-electron chi connectivity index (χ2n) is 11.4. The molecule has 212 valence electrons. The summed E-state index contributed by atoms with van der Waals surface area (Å²) >= 11 is 0. The Bertz CT molecular complexity index is 1270. The molecule has 2 unspecified atom stereocenters. The number of nitrogens with zero attached hydrogens (tertiary/aromatic N) is 3. The Kier molecular flexibility index (Phi) is 7.54. The van der Waals surface area contributed by atoms with Gasteiger partial charge >= 0.3 is 6.18 Å². The van der Waals surface area contributed by atoms with Gasteiger partial charge in [-0.15, -0.1) is 0 Å². The number of hydrogen-bond acceptors (Lipinski definition) is 5. The zero-order valence-electron chi connectivity index (χ0n) is 22.7. The van der Waals surface area contributed by atoms with Crippen LogP contribution in [-0.4, -0.2) is 54.8 Å². The number of ether oxygens (including phenoxy) is 1. The molecule has 2 bridgehead atoms. The van der Waals surface area contributed by atoms with Crippen LogP contribution in [0.4, 0.5) is 18.9 Å². The van der Waals surface area contributed by atoms with Gasteiger partial charge in [0.05, 0.1) is 22.9 Å². The number of carbonyl (C=O) groups is 1. The van der Waals surface area contributed by atoms with E-state index in [1.807, 2.05) is 11.8 Å². The van der Waals surface area contributed by atoms with Crippen LogP contribution >= 0.6 is 0 Å². The van der Waals surface area contributed by atoms with Crippen molar-refractivity contribution in [3.8, 4) is 0 Å². The largest absolute Gasteiger partial charge is 0.416 e. The second-order valence-corrected chi connectivity index (χ2v) is 11.4. The zero-order chi connectivity index (χ0) is 28.1. The van der Waals surface area contributed by atoms with Crippen LogP contribution in [0.3, 0.4) is 0 Å². The van der Waals surface area contributed by atoms with Gasteiger partial charge in [0, 0.05) is 50.7 Å². The first-order valence-electron chi connectivity index (χ1n) is 13.7. The van der Waals surface area contributed by atoms with Gasteiger partial charge in [0.15, 0.2) is 0 Å². The summed E-state index contributed by atoms with van der Waals surface area (Å²) in [7, 11) is 2.08. The summed E-state index contributed by atoms with van der Waals surface area (Å²) in [6.07, 6.45) is 0.344. The molecule has 3 heterocycles. The molecule has 2 N–H and O–H groups in total. The summed E-state index contributed by atoms with van der Waals surface area (Å²) in [6.45, 7) is 6.11. The number of piperidine rings is 1. The Hall–Kier alpha value is -2.85. The van der Waals surface area contributed by atoms with Crippen LogP contribution in [0.1, 0.15) is 71.7 Å². The maximum absolute atomic E-state index is 13.9. The van der Waals surface area contributed by atoms with E-state index in [9.17, 15) is 22.8 Å². The number of rotatable bonds is 6. The predicted molar refractivity (Wildman–Crippen MR) is 143 cm³/mol. The summed E-state index contributed by atoms with van der Waals surface area (Å²) in [4.78, 5) is 30.8. The van der Waals surface area contributed by atoms with Gasteiger partial charge < -0.3 is 24.8 Å². The van der Waals surface area contributed by atoms with Crippen LogP contribution in [0.5, 0.6) is 0 Å². The highest BCUT2D eigenvalue weighted by Crippen LogP contribution is 2.46. The Labute approximate surface area is 226 Å². The van der Waals surface area contributed by atoms with E-state index in [1.54, 1.807) is 16.8 Å². The molecule has 1 amide bonds. The van der Waals surface area contributed by atoms with E-state index < -0.39 is 23.7 Å². The lowest BCUT2D eigenvalue weighted by molar-refractivity contribution is -0.138. The normalized spacial score (nSPS) is 25.0. The van der Waals surface area contributed by atoms with Crippen LogP contribution in [0.25, 0.3) is 0 Å². The van der Waals surface area contributed by atoms with Gasteiger partial charge in [-0.3, -0.25) is 9.59 Å². The number of alkyl halides is 3. The number of hydrogen-bond donors (Lipinski definition) is 1. The number of benzene rings is 1. The van der Waals surface area contributed by atoms with Crippen LogP contribution in [0, 0.1) is 18.8 Å². The number of aromatic nitrogens is 1. The fourth-order valence-corrected chi connectivity index (χ4v) is 7.26. The molecule has 2 saturated heterocycles. The first-order chi connectivity index (χ1) is 18.5. The van der Waals surface area contributed by atoms with E-state index in [2.05, 4.69) is 11.9 Å². The van der Waals surface area contributed by atoms with Gasteiger partial charge in [0.1, 0.15) is 0 Å². The highest BCUT2D eigenvalue weighted by atomic mass is 19.4. The third-order valence-electron chi connectivity index (χ3n) is 9.02. The minimum Gasteiger partial charge on any atom is -0.381 e. The van der Waals surface area contributed by atoms with Crippen LogP contribution in [-0.2, 0) is 10.9 Å². The highest BCUT2D eigenvalue weighted by Gasteiger charge is 2.47. The van der Waals surface area contributed by atoms with Crippen molar-refractivity contribution in [2.24, 2.45) is 17.6 Å². The van der Waals surface area contributed by atoms with E-state index in [4.69, 9.17) is 10.5 Å². The minimum atomic E-state index is -4.49. The summed E-state index contributed by atoms with van der Waals surface area (Å²) in [5, 5.41) is 0. The fraction of sp³-hybridized carbons (Fsp3) is 0.586. The average Bonchev–Trinajstić information content (AvgIpc) is 3.13. The third kappa shape index (κ3) is 5.20. The van der Waals surface area contributed by atoms with Crippen molar-refractivity contribution in [1.82, 2.24) is 9.47 Å². The molecule has 1 aromatic carbocycles. The molecule has 2 aromatic rings. The monoisotopic (exact) mass is 546 g/mol. The summed E-state index contributed by atoms with van der Waals surface area (Å²) < 4.78 is 48.6. The molecule has 1 aliphatic carbocycles. The lowest BCUT2D eigenvalue weighted by Gasteiger charge is -2.47. The number of pyridine rings is 1. The van der Waals surface area contributed by atoms with Crippen LogP contribution < -0.4 is 16.2 Å². The Morgan fingerprint density at radius 2 is 1.77 bits per heavy atom. The van der Waals surface area contributed by atoms with E-state index >= 15 is 0 Å². The van der Waals surface area contributed by atoms with Crippen LogP contribution in [0.15, 0.2) is 35.3 Å². The van der Waals surface area contributed by atoms with Gasteiger partial charge in [-0.25, -0.2) is 0 Å². The molecule has 5 rings (SSSR count). The predicted octanol–water partition coefficient (Wildman–Crippen LogP) is 4.53. The van der Waals surface area contributed by atoms with Crippen molar-refractivity contribution in [2.45, 2.75) is 63.8 Å². The van der Waals surface area contributed by atoms with Crippen molar-refractivity contribution >= 4 is 11.6 Å². The van der Waals surface area contributed by atoms with Crippen molar-refractivity contribution in [2.75, 3.05) is 38.3 Å². The van der Waals surface area contributed by atoms with Gasteiger partial charge in [0.2, 0.25) is 0 Å². The molecule has 2 aliphatic heterocycles. The van der Waals surface area contributed by atoms with Crippen LogP contribution in [0.2, 0.25) is 0 Å². The first-order valence-corrected chi connectivity index (χ1v) is 13.7. The molecular weight excluding hydrogens is 509 g/mol. The lowest BCUT2D eigenvalue weighted by Crippen LogP contribution is -2.53. The van der Waals surface area contributed by atoms with Gasteiger partial charge in [-0.1, -0.05) is 12.1 Å². The minimum absolute atomic E-state index is 0.0402. The van der Waals surface area contributed by atoms with Crippen molar-refractivity contribution < 1.29 is 22.7 Å². The molecule has 39 heavy (non-hydrogen) atoms. The quantitative estimate of drug-likeness (QED) is 0.576. The second kappa shape index (κ2) is 10.6. The van der Waals surface area contributed by atoms with Crippen molar-refractivity contribution in [3.63, 3.8) is 0 Å². The summed E-state index contributed by atoms with van der Waals surface area (Å²) in [6, 6.07) is 5.05. The molecule has 7 nitrogen and oxygen atoms in total. The molecular formula is C29H37F3N4O3. The maximum atomic E-state index is 13.9. The smallest absolute Gasteiger partial charge is 0.381 e. The number of nitrogens with two attached hydrogens (primary N) is 1. The van der Waals surface area contributed by atoms with Gasteiger partial charge in [-0.05, 0) is 75.6 Å². The van der Waals surface area contributed by atoms with Gasteiger partial charge in [-0.2, -0.15) is 13.2 Å². The first kappa shape index (κ1) is 27.7. The van der Waals surface area contributed by atoms with E-state index in [-0.39, 0.29) is 40.6 Å². The zero-order valence-corrected chi connectivity index (χ0v) is 22.7. The Morgan fingerprint density at radius 3 is 2.36 bits per heavy atom. The SMILES string of the molecule is Cc1c([C@@H](C)N(c2cc(=O)n(C3CCOCC3)cc2C(N)=O)C2C3CCC2CN(C)C3)cccc1C(F)(F)F. The number of primary amides is 1. The molecule has 10 heteroatoms. The highest BCUT2D eigenvalue weighted by molar-refractivity contribution is 5.98. The molecule has 1 saturated carbocycles. The van der Waals surface area contributed by atoms with E-state index in [1.165, 1.54) is 19.1 Å². The summed E-state index contributed by atoms with van der Waals surface area (Å²) in [5.74, 6) is -0.161. The van der Waals surface area contributed by atoms with Crippen molar-refractivity contribution in [1.29, 1.82) is 0 Å². The topological polar surface area (TPSA) is 80.8 Å².